The quantitative estimate of drug-likeness (QED) is 0.654. The van der Waals surface area contributed by atoms with E-state index < -0.39 is 6.10 Å². The van der Waals surface area contributed by atoms with E-state index in [1.807, 2.05) is 12.1 Å². The van der Waals surface area contributed by atoms with Crippen LogP contribution >= 0.6 is 0 Å². The highest BCUT2D eigenvalue weighted by molar-refractivity contribution is 4.96. The van der Waals surface area contributed by atoms with Crippen LogP contribution in [0.15, 0.2) is 22.8 Å². The summed E-state index contributed by atoms with van der Waals surface area (Å²) in [4.78, 5) is 0. The molecule has 0 radical (unpaired) electrons. The van der Waals surface area contributed by atoms with Gasteiger partial charge in [-0.05, 0) is 30.9 Å². The lowest BCUT2D eigenvalue weighted by Crippen LogP contribution is -2.40. The summed E-state index contributed by atoms with van der Waals surface area (Å²) in [7, 11) is 0. The maximum absolute atomic E-state index is 9.82. The van der Waals surface area contributed by atoms with Crippen LogP contribution in [0, 0.1) is 5.92 Å². The highest BCUT2D eigenvalue weighted by Gasteiger charge is 2.26. The van der Waals surface area contributed by atoms with Gasteiger partial charge in [0, 0.05) is 19.2 Å². The second kappa shape index (κ2) is 7.65. The Hall–Kier alpha value is -0.880. The SMILES string of the molecule is OCC1CCCC1NCC(O)COCc1ccco1. The van der Waals surface area contributed by atoms with Crippen molar-refractivity contribution in [2.45, 2.75) is 38.0 Å². The van der Waals surface area contributed by atoms with Gasteiger partial charge in [0.25, 0.3) is 0 Å². The minimum Gasteiger partial charge on any atom is -0.467 e. The van der Waals surface area contributed by atoms with Crippen LogP contribution in [0.2, 0.25) is 0 Å². The molecular weight excluding hydrogens is 246 g/mol. The maximum Gasteiger partial charge on any atom is 0.129 e. The van der Waals surface area contributed by atoms with Gasteiger partial charge in [0.05, 0.1) is 19.0 Å². The van der Waals surface area contributed by atoms with Crippen molar-refractivity contribution < 1.29 is 19.4 Å². The van der Waals surface area contributed by atoms with Crippen LogP contribution in [0.4, 0.5) is 0 Å². The van der Waals surface area contributed by atoms with E-state index in [2.05, 4.69) is 5.32 Å². The van der Waals surface area contributed by atoms with Crippen LogP contribution in [0.3, 0.4) is 0 Å². The Morgan fingerprint density at radius 3 is 3.11 bits per heavy atom. The Morgan fingerprint density at radius 2 is 2.37 bits per heavy atom. The van der Waals surface area contributed by atoms with Crippen molar-refractivity contribution in [2.24, 2.45) is 5.92 Å². The topological polar surface area (TPSA) is 74.9 Å². The second-order valence-electron chi connectivity index (χ2n) is 5.14. The van der Waals surface area contributed by atoms with Crippen LogP contribution in [-0.4, -0.2) is 42.1 Å². The molecule has 1 aliphatic carbocycles. The number of rotatable bonds is 8. The van der Waals surface area contributed by atoms with E-state index >= 15 is 0 Å². The molecule has 5 heteroatoms. The van der Waals surface area contributed by atoms with Gasteiger partial charge in [-0.25, -0.2) is 0 Å². The van der Waals surface area contributed by atoms with Crippen molar-refractivity contribution in [1.82, 2.24) is 5.32 Å². The largest absolute Gasteiger partial charge is 0.467 e. The lowest BCUT2D eigenvalue weighted by atomic mass is 10.1. The van der Waals surface area contributed by atoms with Gasteiger partial charge in [-0.2, -0.15) is 0 Å². The molecule has 3 N–H and O–H groups in total. The molecule has 1 aliphatic rings. The molecule has 1 aromatic heterocycles. The molecule has 1 aromatic rings. The zero-order valence-electron chi connectivity index (χ0n) is 11.1. The first-order valence-electron chi connectivity index (χ1n) is 6.92. The predicted octanol–water partition coefficient (Wildman–Crippen LogP) is 0.908. The molecular formula is C14H23NO4. The fourth-order valence-corrected chi connectivity index (χ4v) is 2.56. The number of aliphatic hydroxyl groups excluding tert-OH is 2. The number of ether oxygens (including phenoxy) is 1. The van der Waals surface area contributed by atoms with E-state index in [-0.39, 0.29) is 13.2 Å². The molecule has 0 amide bonds. The fourth-order valence-electron chi connectivity index (χ4n) is 2.56. The normalized spacial score (nSPS) is 24.7. The molecule has 1 fully saturated rings. The number of hydrogen-bond donors (Lipinski definition) is 3. The Balaban J connectivity index is 1.58. The Morgan fingerprint density at radius 1 is 1.47 bits per heavy atom. The monoisotopic (exact) mass is 269 g/mol. The van der Waals surface area contributed by atoms with Crippen molar-refractivity contribution in [3.63, 3.8) is 0 Å². The van der Waals surface area contributed by atoms with Gasteiger partial charge in [0.2, 0.25) is 0 Å². The third-order valence-electron chi connectivity index (χ3n) is 3.64. The lowest BCUT2D eigenvalue weighted by molar-refractivity contribution is 0.0205. The maximum atomic E-state index is 9.82. The molecule has 2 rings (SSSR count). The first-order valence-corrected chi connectivity index (χ1v) is 6.92. The second-order valence-corrected chi connectivity index (χ2v) is 5.14. The summed E-state index contributed by atoms with van der Waals surface area (Å²) in [5.41, 5.74) is 0. The van der Waals surface area contributed by atoms with E-state index in [1.165, 1.54) is 0 Å². The average Bonchev–Trinajstić information content (AvgIpc) is 3.07. The van der Waals surface area contributed by atoms with Crippen molar-refractivity contribution in [3.05, 3.63) is 24.2 Å². The summed E-state index contributed by atoms with van der Waals surface area (Å²) in [5.74, 6) is 1.09. The molecule has 0 aliphatic heterocycles. The summed E-state index contributed by atoms with van der Waals surface area (Å²) in [6.45, 7) is 1.39. The molecule has 108 valence electrons. The van der Waals surface area contributed by atoms with Crippen LogP contribution in [0.1, 0.15) is 25.0 Å². The molecule has 1 saturated carbocycles. The molecule has 0 saturated heterocycles. The van der Waals surface area contributed by atoms with Crippen molar-refractivity contribution in [2.75, 3.05) is 19.8 Å². The van der Waals surface area contributed by atoms with E-state index in [0.717, 1.165) is 25.0 Å². The van der Waals surface area contributed by atoms with E-state index in [1.54, 1.807) is 6.26 Å². The van der Waals surface area contributed by atoms with Crippen molar-refractivity contribution in [3.8, 4) is 0 Å². The first kappa shape index (κ1) is 14.5. The van der Waals surface area contributed by atoms with E-state index in [0.29, 0.717) is 25.1 Å². The molecule has 3 unspecified atom stereocenters. The van der Waals surface area contributed by atoms with Gasteiger partial charge in [-0.1, -0.05) is 6.42 Å². The molecule has 1 heterocycles. The average molecular weight is 269 g/mol. The van der Waals surface area contributed by atoms with Gasteiger partial charge < -0.3 is 24.7 Å². The Kier molecular flexibility index (Phi) is 5.85. The summed E-state index contributed by atoms with van der Waals surface area (Å²) in [6.07, 6.45) is 4.36. The zero-order valence-corrected chi connectivity index (χ0v) is 11.1. The zero-order chi connectivity index (χ0) is 13.5. The molecule has 5 nitrogen and oxygen atoms in total. The first-order chi connectivity index (χ1) is 9.29. The summed E-state index contributed by atoms with van der Waals surface area (Å²) < 4.78 is 10.5. The van der Waals surface area contributed by atoms with Gasteiger partial charge in [-0.3, -0.25) is 0 Å². The highest BCUT2D eigenvalue weighted by Crippen LogP contribution is 2.24. The molecule has 0 bridgehead atoms. The molecule has 0 aromatic carbocycles. The summed E-state index contributed by atoms with van der Waals surface area (Å²) in [5, 5.41) is 22.3. The Labute approximate surface area is 113 Å². The smallest absolute Gasteiger partial charge is 0.129 e. The van der Waals surface area contributed by atoms with Crippen molar-refractivity contribution in [1.29, 1.82) is 0 Å². The fraction of sp³-hybridized carbons (Fsp3) is 0.714. The van der Waals surface area contributed by atoms with Gasteiger partial charge >= 0.3 is 0 Å². The minimum absolute atomic E-state index is 0.225. The van der Waals surface area contributed by atoms with Gasteiger partial charge in [0.15, 0.2) is 0 Å². The summed E-state index contributed by atoms with van der Waals surface area (Å²) in [6, 6.07) is 3.98. The van der Waals surface area contributed by atoms with Crippen LogP contribution < -0.4 is 5.32 Å². The predicted molar refractivity (Wildman–Crippen MR) is 70.6 cm³/mol. The standard InChI is InChI=1S/C14H23NO4/c16-8-11-3-1-5-14(11)15-7-12(17)9-18-10-13-4-2-6-19-13/h2,4,6,11-12,14-17H,1,3,5,7-10H2. The number of nitrogens with one attached hydrogen (secondary N) is 1. The number of aliphatic hydroxyl groups is 2. The van der Waals surface area contributed by atoms with E-state index in [9.17, 15) is 10.2 Å². The number of hydrogen-bond acceptors (Lipinski definition) is 5. The summed E-state index contributed by atoms with van der Waals surface area (Å²) >= 11 is 0. The molecule has 19 heavy (non-hydrogen) atoms. The van der Waals surface area contributed by atoms with Crippen molar-refractivity contribution >= 4 is 0 Å². The number of furan rings is 1. The lowest BCUT2D eigenvalue weighted by Gasteiger charge is -2.21. The highest BCUT2D eigenvalue weighted by atomic mass is 16.5. The van der Waals surface area contributed by atoms with E-state index in [4.69, 9.17) is 9.15 Å². The Bertz CT molecular complexity index is 341. The van der Waals surface area contributed by atoms with Crippen LogP contribution in [-0.2, 0) is 11.3 Å². The molecule has 3 atom stereocenters. The van der Waals surface area contributed by atoms with Gasteiger partial charge in [0.1, 0.15) is 12.4 Å². The van der Waals surface area contributed by atoms with Crippen LogP contribution in [0.5, 0.6) is 0 Å². The van der Waals surface area contributed by atoms with Crippen LogP contribution in [0.25, 0.3) is 0 Å². The third-order valence-corrected chi connectivity index (χ3v) is 3.64. The van der Waals surface area contributed by atoms with Gasteiger partial charge in [-0.15, -0.1) is 0 Å². The molecule has 0 spiro atoms. The third kappa shape index (κ3) is 4.62. The minimum atomic E-state index is -0.532.